The Morgan fingerprint density at radius 3 is 2.38 bits per heavy atom. The fourth-order valence-electron chi connectivity index (χ4n) is 4.03. The number of nitrogens with zero attached hydrogens (tertiary/aromatic N) is 1. The second kappa shape index (κ2) is 6.68. The molecule has 0 radical (unpaired) electrons. The van der Waals surface area contributed by atoms with Gasteiger partial charge < -0.3 is 5.73 Å². The standard InChI is InChI=1S/C18H27ClN2/c19-17-12-16(18(14-20)8-2-1-3-9-18)7-6-15(17)13-21-10-4-5-11-21/h6-7,12H,1-5,8-11,13-14,20H2. The summed E-state index contributed by atoms with van der Waals surface area (Å²) in [7, 11) is 0. The van der Waals surface area contributed by atoms with Gasteiger partial charge in [0.1, 0.15) is 0 Å². The third-order valence-corrected chi connectivity index (χ3v) is 5.81. The lowest BCUT2D eigenvalue weighted by molar-refractivity contribution is 0.300. The van der Waals surface area contributed by atoms with E-state index in [0.29, 0.717) is 0 Å². The number of hydrogen-bond acceptors (Lipinski definition) is 2. The molecule has 1 aromatic rings. The first-order chi connectivity index (χ1) is 10.2. The number of likely N-dealkylation sites (tertiary alicyclic amines) is 1. The van der Waals surface area contributed by atoms with Crippen molar-refractivity contribution in [2.45, 2.75) is 56.9 Å². The summed E-state index contributed by atoms with van der Waals surface area (Å²) in [6.07, 6.45) is 9.02. The third-order valence-electron chi connectivity index (χ3n) is 5.46. The van der Waals surface area contributed by atoms with Gasteiger partial charge in [-0.1, -0.05) is 43.0 Å². The zero-order chi connectivity index (χ0) is 14.7. The molecule has 2 nitrogen and oxygen atoms in total. The third kappa shape index (κ3) is 3.28. The second-order valence-electron chi connectivity index (χ2n) is 6.83. The van der Waals surface area contributed by atoms with Gasteiger partial charge >= 0.3 is 0 Å². The fourth-order valence-corrected chi connectivity index (χ4v) is 4.27. The molecule has 0 spiro atoms. The molecule has 116 valence electrons. The SMILES string of the molecule is NCC1(c2ccc(CN3CCCC3)c(Cl)c2)CCCCC1. The summed E-state index contributed by atoms with van der Waals surface area (Å²) >= 11 is 6.58. The molecule has 1 heterocycles. The van der Waals surface area contributed by atoms with Crippen molar-refractivity contribution in [3.63, 3.8) is 0 Å². The van der Waals surface area contributed by atoms with E-state index in [2.05, 4.69) is 23.1 Å². The van der Waals surface area contributed by atoms with Crippen molar-refractivity contribution in [3.05, 3.63) is 34.3 Å². The zero-order valence-electron chi connectivity index (χ0n) is 12.9. The summed E-state index contributed by atoms with van der Waals surface area (Å²) in [6, 6.07) is 6.72. The minimum atomic E-state index is 0.175. The van der Waals surface area contributed by atoms with Crippen LogP contribution >= 0.6 is 11.6 Å². The second-order valence-corrected chi connectivity index (χ2v) is 7.24. The lowest BCUT2D eigenvalue weighted by Crippen LogP contribution is -2.37. The van der Waals surface area contributed by atoms with Crippen LogP contribution in [-0.2, 0) is 12.0 Å². The molecule has 2 aliphatic rings. The first kappa shape index (κ1) is 15.3. The van der Waals surface area contributed by atoms with Crippen LogP contribution in [0.3, 0.4) is 0 Å². The highest BCUT2D eigenvalue weighted by Gasteiger charge is 2.32. The van der Waals surface area contributed by atoms with E-state index in [1.807, 2.05) is 0 Å². The topological polar surface area (TPSA) is 29.3 Å². The summed E-state index contributed by atoms with van der Waals surface area (Å²) in [4.78, 5) is 2.50. The van der Waals surface area contributed by atoms with Gasteiger partial charge in [0.2, 0.25) is 0 Å². The molecule has 1 saturated heterocycles. The van der Waals surface area contributed by atoms with Crippen molar-refractivity contribution < 1.29 is 0 Å². The molecule has 1 saturated carbocycles. The van der Waals surface area contributed by atoms with E-state index < -0.39 is 0 Å². The van der Waals surface area contributed by atoms with Crippen LogP contribution in [0.1, 0.15) is 56.1 Å². The summed E-state index contributed by atoms with van der Waals surface area (Å²) < 4.78 is 0. The molecular formula is C18H27ClN2. The molecule has 0 aromatic heterocycles. The first-order valence-electron chi connectivity index (χ1n) is 8.45. The van der Waals surface area contributed by atoms with E-state index in [-0.39, 0.29) is 5.41 Å². The normalized spacial score (nSPS) is 22.6. The van der Waals surface area contributed by atoms with Crippen LogP contribution in [-0.4, -0.2) is 24.5 Å². The van der Waals surface area contributed by atoms with Crippen LogP contribution < -0.4 is 5.73 Å². The molecule has 1 aliphatic heterocycles. The molecule has 0 unspecified atom stereocenters. The summed E-state index contributed by atoms with van der Waals surface area (Å²) in [5, 5.41) is 0.929. The van der Waals surface area contributed by atoms with Crippen molar-refractivity contribution in [2.24, 2.45) is 5.73 Å². The highest BCUT2D eigenvalue weighted by Crippen LogP contribution is 2.40. The van der Waals surface area contributed by atoms with Crippen molar-refractivity contribution in [1.82, 2.24) is 4.90 Å². The van der Waals surface area contributed by atoms with Crippen molar-refractivity contribution >= 4 is 11.6 Å². The highest BCUT2D eigenvalue weighted by atomic mass is 35.5. The average Bonchev–Trinajstić information content (AvgIpc) is 3.03. The smallest absolute Gasteiger partial charge is 0.0453 e. The van der Waals surface area contributed by atoms with Gasteiger partial charge in [-0.15, -0.1) is 0 Å². The van der Waals surface area contributed by atoms with Gasteiger partial charge in [-0.05, 0) is 56.0 Å². The average molecular weight is 307 g/mol. The Morgan fingerprint density at radius 2 is 1.76 bits per heavy atom. The molecule has 2 fully saturated rings. The molecule has 3 heteroatoms. The predicted molar refractivity (Wildman–Crippen MR) is 89.8 cm³/mol. The molecule has 1 aromatic carbocycles. The minimum absolute atomic E-state index is 0.175. The minimum Gasteiger partial charge on any atom is -0.330 e. The number of nitrogens with two attached hydrogens (primary N) is 1. The molecular weight excluding hydrogens is 280 g/mol. The van der Waals surface area contributed by atoms with Gasteiger partial charge in [-0.25, -0.2) is 0 Å². The lowest BCUT2D eigenvalue weighted by Gasteiger charge is -2.37. The maximum absolute atomic E-state index is 6.58. The molecule has 1 aliphatic carbocycles. The van der Waals surface area contributed by atoms with Gasteiger partial charge in [0, 0.05) is 23.5 Å². The largest absolute Gasteiger partial charge is 0.330 e. The summed E-state index contributed by atoms with van der Waals surface area (Å²) in [5.74, 6) is 0. The Labute approximate surface area is 133 Å². The van der Waals surface area contributed by atoms with Gasteiger partial charge in [0.05, 0.1) is 0 Å². The van der Waals surface area contributed by atoms with Crippen LogP contribution in [0.5, 0.6) is 0 Å². The predicted octanol–water partition coefficient (Wildman–Crippen LogP) is 4.10. The van der Waals surface area contributed by atoms with Gasteiger partial charge in [-0.3, -0.25) is 4.90 Å². The molecule has 0 amide bonds. The van der Waals surface area contributed by atoms with Crippen molar-refractivity contribution in [3.8, 4) is 0 Å². The van der Waals surface area contributed by atoms with Crippen LogP contribution in [0.2, 0.25) is 5.02 Å². The number of halogens is 1. The molecule has 0 bridgehead atoms. The Bertz CT molecular complexity index is 474. The van der Waals surface area contributed by atoms with E-state index >= 15 is 0 Å². The van der Waals surface area contributed by atoms with Gasteiger partial charge in [0.15, 0.2) is 0 Å². The number of rotatable bonds is 4. The maximum Gasteiger partial charge on any atom is 0.0453 e. The molecule has 2 N–H and O–H groups in total. The van der Waals surface area contributed by atoms with Crippen LogP contribution in [0.4, 0.5) is 0 Å². The van der Waals surface area contributed by atoms with Gasteiger partial charge in [0.25, 0.3) is 0 Å². The Kier molecular flexibility index (Phi) is 4.88. The summed E-state index contributed by atoms with van der Waals surface area (Å²) in [6.45, 7) is 4.17. The quantitative estimate of drug-likeness (QED) is 0.907. The van der Waals surface area contributed by atoms with E-state index in [9.17, 15) is 0 Å². The number of hydrogen-bond donors (Lipinski definition) is 1. The van der Waals surface area contributed by atoms with E-state index in [1.165, 1.54) is 69.2 Å². The Balaban J connectivity index is 1.79. The molecule has 3 rings (SSSR count). The van der Waals surface area contributed by atoms with E-state index in [1.54, 1.807) is 0 Å². The van der Waals surface area contributed by atoms with Crippen LogP contribution in [0.25, 0.3) is 0 Å². The maximum atomic E-state index is 6.58. The lowest BCUT2D eigenvalue weighted by atomic mass is 9.69. The van der Waals surface area contributed by atoms with E-state index in [4.69, 9.17) is 17.3 Å². The summed E-state index contributed by atoms with van der Waals surface area (Å²) in [5.41, 5.74) is 8.94. The number of benzene rings is 1. The van der Waals surface area contributed by atoms with E-state index in [0.717, 1.165) is 18.1 Å². The zero-order valence-corrected chi connectivity index (χ0v) is 13.7. The van der Waals surface area contributed by atoms with Gasteiger partial charge in [-0.2, -0.15) is 0 Å². The Hall–Kier alpha value is -0.570. The van der Waals surface area contributed by atoms with Crippen LogP contribution in [0.15, 0.2) is 18.2 Å². The van der Waals surface area contributed by atoms with Crippen molar-refractivity contribution in [1.29, 1.82) is 0 Å². The Morgan fingerprint density at radius 1 is 1.05 bits per heavy atom. The fraction of sp³-hybridized carbons (Fsp3) is 0.667. The van der Waals surface area contributed by atoms with Crippen LogP contribution in [0, 0.1) is 0 Å². The highest BCUT2D eigenvalue weighted by molar-refractivity contribution is 6.31. The first-order valence-corrected chi connectivity index (χ1v) is 8.83. The monoisotopic (exact) mass is 306 g/mol. The van der Waals surface area contributed by atoms with Crippen molar-refractivity contribution in [2.75, 3.05) is 19.6 Å². The molecule has 21 heavy (non-hydrogen) atoms. The molecule has 0 atom stereocenters.